The van der Waals surface area contributed by atoms with Crippen LogP contribution in [0.15, 0.2) is 83.8 Å². The minimum Gasteiger partial charge on any atom is -0.294 e. The Hall–Kier alpha value is -2.72. The van der Waals surface area contributed by atoms with Crippen LogP contribution in [0.1, 0.15) is 38.7 Å². The van der Waals surface area contributed by atoms with Gasteiger partial charge in [0.15, 0.2) is 15.6 Å². The van der Waals surface area contributed by atoms with Gasteiger partial charge in [-0.2, -0.15) is 0 Å². The number of hydrogen-bond acceptors (Lipinski definition) is 3. The van der Waals surface area contributed by atoms with Gasteiger partial charge >= 0.3 is 0 Å². The maximum Gasteiger partial charge on any atom is 0.185 e. The van der Waals surface area contributed by atoms with E-state index in [2.05, 4.69) is 0 Å². The molecule has 3 aromatic rings. The average molecular weight is 378 g/mol. The predicted octanol–water partition coefficient (Wildman–Crippen LogP) is 5.09. The van der Waals surface area contributed by atoms with Crippen molar-refractivity contribution in [2.24, 2.45) is 0 Å². The number of Topliss-reactive ketones (excluding diaryl/α,β-unsaturated/α-hetero) is 1. The zero-order valence-electron chi connectivity index (χ0n) is 15.4. The molecule has 27 heavy (non-hydrogen) atoms. The normalized spacial score (nSPS) is 12.5. The Morgan fingerprint density at radius 2 is 1.30 bits per heavy atom. The Labute approximate surface area is 160 Å². The third-order valence-electron chi connectivity index (χ3n) is 4.64. The summed E-state index contributed by atoms with van der Waals surface area (Å²) in [7, 11) is -3.71. The molecule has 138 valence electrons. The van der Waals surface area contributed by atoms with Gasteiger partial charge in [0.2, 0.25) is 0 Å². The summed E-state index contributed by atoms with van der Waals surface area (Å²) < 4.78 is 26.7. The molecule has 1 atom stereocenters. The summed E-state index contributed by atoms with van der Waals surface area (Å²) in [6.45, 7) is 3.86. The molecule has 0 aliphatic carbocycles. The molecule has 0 bridgehead atoms. The van der Waals surface area contributed by atoms with E-state index in [0.717, 1.165) is 11.1 Å². The van der Waals surface area contributed by atoms with Gasteiger partial charge in [-0.15, -0.1) is 0 Å². The Balaban J connectivity index is 2.03. The highest BCUT2D eigenvalue weighted by Gasteiger charge is 2.31. The van der Waals surface area contributed by atoms with E-state index in [1.54, 1.807) is 60.7 Å². The van der Waals surface area contributed by atoms with Crippen molar-refractivity contribution < 1.29 is 13.2 Å². The quantitative estimate of drug-likeness (QED) is 0.561. The van der Waals surface area contributed by atoms with Crippen LogP contribution in [0.4, 0.5) is 0 Å². The van der Waals surface area contributed by atoms with E-state index in [0.29, 0.717) is 11.1 Å². The fraction of sp³-hybridized carbons (Fsp3) is 0.174. The molecule has 4 heteroatoms. The van der Waals surface area contributed by atoms with Crippen molar-refractivity contribution in [3.8, 4) is 0 Å². The standard InChI is InChI=1S/C23H22O3S/c1-17-8-12-20(13-9-17)23(16-22(24)19-6-4-3-5-7-19)27(25,26)21-14-10-18(2)11-15-21/h3-15,23H,16H2,1-2H3. The fourth-order valence-electron chi connectivity index (χ4n) is 2.99. The van der Waals surface area contributed by atoms with E-state index in [1.165, 1.54) is 0 Å². The van der Waals surface area contributed by atoms with Gasteiger partial charge in [-0.3, -0.25) is 4.79 Å². The van der Waals surface area contributed by atoms with E-state index in [1.807, 2.05) is 32.0 Å². The smallest absolute Gasteiger partial charge is 0.185 e. The van der Waals surface area contributed by atoms with Crippen molar-refractivity contribution in [2.45, 2.75) is 30.4 Å². The van der Waals surface area contributed by atoms with Crippen molar-refractivity contribution in [2.75, 3.05) is 0 Å². The monoisotopic (exact) mass is 378 g/mol. The molecule has 0 fully saturated rings. The van der Waals surface area contributed by atoms with E-state index in [-0.39, 0.29) is 17.1 Å². The fourth-order valence-corrected chi connectivity index (χ4v) is 4.72. The van der Waals surface area contributed by atoms with Crippen LogP contribution in [0.3, 0.4) is 0 Å². The Morgan fingerprint density at radius 1 is 0.778 bits per heavy atom. The summed E-state index contributed by atoms with van der Waals surface area (Å²) in [6.07, 6.45) is -0.0940. The highest BCUT2D eigenvalue weighted by Crippen LogP contribution is 2.33. The number of ketones is 1. The second-order valence-corrected chi connectivity index (χ2v) is 8.88. The van der Waals surface area contributed by atoms with Crippen molar-refractivity contribution in [1.29, 1.82) is 0 Å². The number of rotatable bonds is 6. The van der Waals surface area contributed by atoms with Crippen LogP contribution in [-0.4, -0.2) is 14.2 Å². The van der Waals surface area contributed by atoms with E-state index >= 15 is 0 Å². The Kier molecular flexibility index (Phi) is 5.57. The molecule has 0 aliphatic rings. The number of benzene rings is 3. The molecule has 0 spiro atoms. The van der Waals surface area contributed by atoms with Gasteiger partial charge in [-0.25, -0.2) is 8.42 Å². The minimum atomic E-state index is -3.71. The molecule has 0 aromatic heterocycles. The first-order valence-electron chi connectivity index (χ1n) is 8.83. The van der Waals surface area contributed by atoms with E-state index < -0.39 is 15.1 Å². The van der Waals surface area contributed by atoms with Crippen LogP contribution in [0.25, 0.3) is 0 Å². The van der Waals surface area contributed by atoms with Crippen LogP contribution in [0.5, 0.6) is 0 Å². The van der Waals surface area contributed by atoms with Crippen molar-refractivity contribution in [1.82, 2.24) is 0 Å². The summed E-state index contributed by atoms with van der Waals surface area (Å²) in [5.41, 5.74) is 3.18. The van der Waals surface area contributed by atoms with Crippen LogP contribution in [-0.2, 0) is 9.84 Å². The highest BCUT2D eigenvalue weighted by molar-refractivity contribution is 7.91. The molecule has 0 radical (unpaired) electrons. The minimum absolute atomic E-state index is 0.0940. The van der Waals surface area contributed by atoms with Crippen LogP contribution in [0.2, 0.25) is 0 Å². The van der Waals surface area contributed by atoms with Gasteiger partial charge in [0.05, 0.1) is 10.1 Å². The lowest BCUT2D eigenvalue weighted by Crippen LogP contribution is -2.18. The van der Waals surface area contributed by atoms with Gasteiger partial charge in [0.1, 0.15) is 0 Å². The highest BCUT2D eigenvalue weighted by atomic mass is 32.2. The van der Waals surface area contributed by atoms with Crippen molar-refractivity contribution >= 4 is 15.6 Å². The lowest BCUT2D eigenvalue weighted by Gasteiger charge is -2.18. The van der Waals surface area contributed by atoms with Gasteiger partial charge < -0.3 is 0 Å². The summed E-state index contributed by atoms with van der Waals surface area (Å²) in [5, 5.41) is -0.923. The zero-order valence-corrected chi connectivity index (χ0v) is 16.2. The summed E-state index contributed by atoms with van der Waals surface area (Å²) in [4.78, 5) is 13.0. The maximum atomic E-state index is 13.3. The van der Waals surface area contributed by atoms with Gasteiger partial charge in [-0.05, 0) is 31.5 Å². The van der Waals surface area contributed by atoms with Crippen molar-refractivity contribution in [3.63, 3.8) is 0 Å². The number of sulfone groups is 1. The Morgan fingerprint density at radius 3 is 1.85 bits per heavy atom. The first kappa shape index (κ1) is 19.1. The largest absolute Gasteiger partial charge is 0.294 e. The summed E-state index contributed by atoms with van der Waals surface area (Å²) in [6, 6.07) is 22.9. The first-order chi connectivity index (χ1) is 12.9. The lowest BCUT2D eigenvalue weighted by atomic mass is 10.0. The number of aryl methyl sites for hydroxylation is 2. The summed E-state index contributed by atoms with van der Waals surface area (Å²) >= 11 is 0. The summed E-state index contributed by atoms with van der Waals surface area (Å²) in [5.74, 6) is -0.183. The van der Waals surface area contributed by atoms with Crippen LogP contribution in [0, 0.1) is 13.8 Å². The van der Waals surface area contributed by atoms with Gasteiger partial charge in [-0.1, -0.05) is 77.9 Å². The molecule has 0 heterocycles. The van der Waals surface area contributed by atoms with Gasteiger partial charge in [0.25, 0.3) is 0 Å². The first-order valence-corrected chi connectivity index (χ1v) is 10.4. The molecular formula is C23H22O3S. The number of carbonyl (C=O) groups is 1. The molecule has 0 saturated heterocycles. The van der Waals surface area contributed by atoms with E-state index in [9.17, 15) is 13.2 Å². The maximum absolute atomic E-state index is 13.3. The topological polar surface area (TPSA) is 51.2 Å². The molecule has 3 rings (SSSR count). The molecule has 0 N–H and O–H groups in total. The third kappa shape index (κ3) is 4.34. The van der Waals surface area contributed by atoms with Crippen LogP contribution < -0.4 is 0 Å². The molecular weight excluding hydrogens is 356 g/mol. The van der Waals surface area contributed by atoms with Crippen molar-refractivity contribution in [3.05, 3.63) is 101 Å². The average Bonchev–Trinajstić information content (AvgIpc) is 2.68. The third-order valence-corrected chi connectivity index (χ3v) is 6.76. The van der Waals surface area contributed by atoms with Crippen LogP contribution >= 0.6 is 0 Å². The van der Waals surface area contributed by atoms with Gasteiger partial charge in [0, 0.05) is 12.0 Å². The molecule has 3 aromatic carbocycles. The second-order valence-electron chi connectivity index (χ2n) is 6.75. The molecule has 0 aliphatic heterocycles. The van der Waals surface area contributed by atoms with E-state index in [4.69, 9.17) is 0 Å². The molecule has 0 amide bonds. The number of carbonyl (C=O) groups excluding carboxylic acids is 1. The molecule has 0 saturated carbocycles. The molecule has 3 nitrogen and oxygen atoms in total. The predicted molar refractivity (Wildman–Crippen MR) is 108 cm³/mol. The lowest BCUT2D eigenvalue weighted by molar-refractivity contribution is 0.0980. The molecule has 1 unspecified atom stereocenters. The Bertz CT molecular complexity index is 1020. The number of hydrogen-bond donors (Lipinski definition) is 0. The second kappa shape index (κ2) is 7.89. The zero-order chi connectivity index (χ0) is 19.4. The SMILES string of the molecule is Cc1ccc(C(CC(=O)c2ccccc2)S(=O)(=O)c2ccc(C)cc2)cc1.